The lowest BCUT2D eigenvalue weighted by molar-refractivity contribution is 0.0607. The van der Waals surface area contributed by atoms with E-state index < -0.39 is 0 Å². The van der Waals surface area contributed by atoms with Gasteiger partial charge in [0.25, 0.3) is 5.91 Å². The number of rotatable bonds is 5. The maximum atomic E-state index is 13.0. The van der Waals surface area contributed by atoms with Crippen molar-refractivity contribution in [2.24, 2.45) is 0 Å². The maximum absolute atomic E-state index is 13.0. The van der Waals surface area contributed by atoms with Gasteiger partial charge in [-0.3, -0.25) is 4.79 Å². The molecule has 1 aliphatic rings. The average Bonchev–Trinajstić information content (AvgIpc) is 3.15. The smallest absolute Gasteiger partial charge is 0.254 e. The Morgan fingerprint density at radius 2 is 2.15 bits per heavy atom. The van der Waals surface area contributed by atoms with E-state index in [-0.39, 0.29) is 5.91 Å². The van der Waals surface area contributed by atoms with Crippen LogP contribution in [-0.2, 0) is 6.61 Å². The molecule has 1 aliphatic heterocycles. The minimum atomic E-state index is 0.111. The van der Waals surface area contributed by atoms with Crippen LogP contribution in [0.3, 0.4) is 0 Å². The lowest BCUT2D eigenvalue weighted by Crippen LogP contribution is -2.43. The molecule has 1 amide bonds. The topological polar surface area (TPSA) is 46.8 Å². The van der Waals surface area contributed by atoms with E-state index >= 15 is 0 Å². The molecule has 5 heteroatoms. The van der Waals surface area contributed by atoms with Crippen LogP contribution in [0.1, 0.15) is 48.7 Å². The Labute approximate surface area is 159 Å². The molecule has 0 saturated carbocycles. The van der Waals surface area contributed by atoms with E-state index in [1.807, 2.05) is 64.2 Å². The summed E-state index contributed by atoms with van der Waals surface area (Å²) in [5.41, 5.74) is 2.46. The molecule has 1 fully saturated rings. The Kier molecular flexibility index (Phi) is 5.10. The minimum Gasteiger partial charge on any atom is -0.487 e. The fourth-order valence-corrected chi connectivity index (χ4v) is 3.79. The van der Waals surface area contributed by atoms with E-state index in [4.69, 9.17) is 4.74 Å². The lowest BCUT2D eigenvalue weighted by Gasteiger charge is -2.35. The van der Waals surface area contributed by atoms with Crippen molar-refractivity contribution in [1.29, 1.82) is 0 Å². The molecule has 3 heterocycles. The van der Waals surface area contributed by atoms with Gasteiger partial charge < -0.3 is 14.0 Å². The molecule has 1 unspecified atom stereocenters. The molecule has 140 valence electrons. The zero-order valence-electron chi connectivity index (χ0n) is 15.7. The minimum absolute atomic E-state index is 0.111. The second-order valence-corrected chi connectivity index (χ2v) is 7.07. The number of amides is 1. The van der Waals surface area contributed by atoms with Crippen LogP contribution in [0.15, 0.2) is 54.9 Å². The second kappa shape index (κ2) is 7.82. The standard InChI is InChI=1S/C22H25N3O2/c1-2-19-9-3-6-13-25(19)22(26)17-8-7-10-20(14-17)27-16-18-15-24-12-5-4-11-21(24)23-18/h4-5,7-8,10-12,14-15,19H,2-3,6,9,13,16H2,1H3. The van der Waals surface area contributed by atoms with E-state index in [0.29, 0.717) is 24.0 Å². The molecule has 0 spiro atoms. The van der Waals surface area contributed by atoms with Gasteiger partial charge in [-0.1, -0.05) is 19.1 Å². The normalized spacial score (nSPS) is 17.2. The number of fused-ring (bicyclic) bond motifs is 1. The number of pyridine rings is 1. The summed E-state index contributed by atoms with van der Waals surface area (Å²) in [5.74, 6) is 0.808. The summed E-state index contributed by atoms with van der Waals surface area (Å²) in [6.07, 6.45) is 8.34. The van der Waals surface area contributed by atoms with Crippen molar-refractivity contribution in [3.63, 3.8) is 0 Å². The van der Waals surface area contributed by atoms with Gasteiger partial charge in [-0.15, -0.1) is 0 Å². The van der Waals surface area contributed by atoms with E-state index in [0.717, 1.165) is 37.1 Å². The van der Waals surface area contributed by atoms with Crippen LogP contribution in [0, 0.1) is 0 Å². The van der Waals surface area contributed by atoms with Crippen LogP contribution in [0.25, 0.3) is 5.65 Å². The molecule has 4 rings (SSSR count). The summed E-state index contributed by atoms with van der Waals surface area (Å²) < 4.78 is 7.88. The number of piperidine rings is 1. The van der Waals surface area contributed by atoms with Crippen LogP contribution in [0.5, 0.6) is 5.75 Å². The third kappa shape index (κ3) is 3.82. The van der Waals surface area contributed by atoms with Crippen molar-refractivity contribution in [2.75, 3.05) is 6.54 Å². The van der Waals surface area contributed by atoms with E-state index in [1.165, 1.54) is 6.42 Å². The predicted molar refractivity (Wildman–Crippen MR) is 105 cm³/mol. The monoisotopic (exact) mass is 363 g/mol. The van der Waals surface area contributed by atoms with E-state index in [1.54, 1.807) is 0 Å². The Balaban J connectivity index is 1.46. The van der Waals surface area contributed by atoms with Crippen molar-refractivity contribution < 1.29 is 9.53 Å². The molecular weight excluding hydrogens is 338 g/mol. The van der Waals surface area contributed by atoms with Gasteiger partial charge in [0.05, 0.1) is 5.69 Å². The molecule has 1 atom stereocenters. The summed E-state index contributed by atoms with van der Waals surface area (Å²) >= 11 is 0. The van der Waals surface area contributed by atoms with Gasteiger partial charge in [0.15, 0.2) is 0 Å². The molecule has 0 bridgehead atoms. The highest BCUT2D eigenvalue weighted by molar-refractivity contribution is 5.94. The summed E-state index contributed by atoms with van der Waals surface area (Å²) in [5, 5.41) is 0. The summed E-state index contributed by atoms with van der Waals surface area (Å²) in [6, 6.07) is 13.8. The van der Waals surface area contributed by atoms with Crippen molar-refractivity contribution in [3.8, 4) is 5.75 Å². The van der Waals surface area contributed by atoms with Crippen LogP contribution in [-0.4, -0.2) is 32.8 Å². The molecule has 2 aromatic heterocycles. The van der Waals surface area contributed by atoms with Gasteiger partial charge >= 0.3 is 0 Å². The number of ether oxygens (including phenoxy) is 1. The van der Waals surface area contributed by atoms with Crippen molar-refractivity contribution >= 4 is 11.6 Å². The van der Waals surface area contributed by atoms with Gasteiger partial charge in [0, 0.05) is 30.5 Å². The van der Waals surface area contributed by atoms with E-state index in [2.05, 4.69) is 11.9 Å². The highest BCUT2D eigenvalue weighted by atomic mass is 16.5. The number of hydrogen-bond acceptors (Lipinski definition) is 3. The third-order valence-electron chi connectivity index (χ3n) is 5.24. The lowest BCUT2D eigenvalue weighted by atomic mass is 9.99. The number of likely N-dealkylation sites (tertiary alicyclic amines) is 1. The maximum Gasteiger partial charge on any atom is 0.254 e. The van der Waals surface area contributed by atoms with Crippen molar-refractivity contribution in [2.45, 2.75) is 45.3 Å². The second-order valence-electron chi connectivity index (χ2n) is 7.07. The Bertz CT molecular complexity index is 901. The van der Waals surface area contributed by atoms with Crippen molar-refractivity contribution in [3.05, 3.63) is 66.1 Å². The fourth-order valence-electron chi connectivity index (χ4n) is 3.79. The summed E-state index contributed by atoms with van der Waals surface area (Å²) in [7, 11) is 0. The number of imidazole rings is 1. The van der Waals surface area contributed by atoms with Crippen LogP contribution in [0.2, 0.25) is 0 Å². The number of benzene rings is 1. The molecule has 27 heavy (non-hydrogen) atoms. The largest absolute Gasteiger partial charge is 0.487 e. The molecule has 0 N–H and O–H groups in total. The Morgan fingerprint density at radius 3 is 3.00 bits per heavy atom. The first-order valence-electron chi connectivity index (χ1n) is 9.71. The number of carbonyl (C=O) groups excluding carboxylic acids is 1. The molecule has 3 aromatic rings. The first kappa shape index (κ1) is 17.6. The SMILES string of the molecule is CCC1CCCCN1C(=O)c1cccc(OCc2cn3ccccc3n2)c1. The summed E-state index contributed by atoms with van der Waals surface area (Å²) in [6.45, 7) is 3.38. The molecule has 0 aliphatic carbocycles. The van der Waals surface area contributed by atoms with Gasteiger partial charge in [-0.25, -0.2) is 4.98 Å². The molecule has 0 radical (unpaired) electrons. The quantitative estimate of drug-likeness (QED) is 0.678. The fraction of sp³-hybridized carbons (Fsp3) is 0.364. The van der Waals surface area contributed by atoms with Gasteiger partial charge in [0.2, 0.25) is 0 Å². The Hall–Kier alpha value is -2.82. The Morgan fingerprint density at radius 1 is 1.22 bits per heavy atom. The molecule has 1 aromatic carbocycles. The van der Waals surface area contributed by atoms with Crippen LogP contribution in [0.4, 0.5) is 0 Å². The third-order valence-corrected chi connectivity index (χ3v) is 5.24. The zero-order chi connectivity index (χ0) is 18.6. The number of carbonyl (C=O) groups is 1. The molecule has 5 nitrogen and oxygen atoms in total. The van der Waals surface area contributed by atoms with Crippen LogP contribution >= 0.6 is 0 Å². The highest BCUT2D eigenvalue weighted by Crippen LogP contribution is 2.23. The predicted octanol–water partition coefficient (Wildman–Crippen LogP) is 4.32. The van der Waals surface area contributed by atoms with E-state index in [9.17, 15) is 4.79 Å². The highest BCUT2D eigenvalue weighted by Gasteiger charge is 2.26. The van der Waals surface area contributed by atoms with Crippen LogP contribution < -0.4 is 4.74 Å². The van der Waals surface area contributed by atoms with Gasteiger partial charge in [0.1, 0.15) is 18.0 Å². The number of nitrogens with zero attached hydrogens (tertiary/aromatic N) is 3. The number of aromatic nitrogens is 2. The van der Waals surface area contributed by atoms with Gasteiger partial charge in [-0.05, 0) is 56.0 Å². The average molecular weight is 363 g/mol. The number of hydrogen-bond donors (Lipinski definition) is 0. The first-order chi connectivity index (χ1) is 13.2. The van der Waals surface area contributed by atoms with Crippen molar-refractivity contribution in [1.82, 2.24) is 14.3 Å². The molecular formula is C22H25N3O2. The first-order valence-corrected chi connectivity index (χ1v) is 9.71. The molecule has 1 saturated heterocycles. The van der Waals surface area contributed by atoms with Gasteiger partial charge in [-0.2, -0.15) is 0 Å². The zero-order valence-corrected chi connectivity index (χ0v) is 15.7. The summed E-state index contributed by atoms with van der Waals surface area (Å²) in [4.78, 5) is 19.5.